The van der Waals surface area contributed by atoms with Gasteiger partial charge in [0.1, 0.15) is 11.6 Å². The molecule has 0 bridgehead atoms. The monoisotopic (exact) mass is 409 g/mol. The standard InChI is InChI=1S/C23H31N5O2/c1-5-30-15-14-26-10-12-27(13-11-26)23-17(2)18(3)24-22-16-21(25-28(22)23)19-6-8-20(29-4)9-7-19/h6-9,16H,5,10-15H2,1-4H3. The van der Waals surface area contributed by atoms with E-state index in [-0.39, 0.29) is 0 Å². The molecular formula is C23H31N5O2. The molecule has 0 aliphatic carbocycles. The van der Waals surface area contributed by atoms with E-state index in [1.54, 1.807) is 7.11 Å². The predicted octanol–water partition coefficient (Wildman–Crippen LogP) is 3.18. The number of nitrogens with zero attached hydrogens (tertiary/aromatic N) is 5. The van der Waals surface area contributed by atoms with E-state index in [0.29, 0.717) is 0 Å². The third kappa shape index (κ3) is 4.13. The quantitative estimate of drug-likeness (QED) is 0.559. The topological polar surface area (TPSA) is 55.1 Å². The fraction of sp³-hybridized carbons (Fsp3) is 0.478. The summed E-state index contributed by atoms with van der Waals surface area (Å²) in [5, 5.41) is 4.93. The van der Waals surface area contributed by atoms with Gasteiger partial charge in [0.05, 0.1) is 19.4 Å². The number of aromatic nitrogens is 3. The zero-order valence-electron chi connectivity index (χ0n) is 18.4. The van der Waals surface area contributed by atoms with E-state index in [2.05, 4.69) is 29.7 Å². The third-order valence-electron chi connectivity index (χ3n) is 5.87. The number of benzene rings is 1. The van der Waals surface area contributed by atoms with Crippen molar-refractivity contribution < 1.29 is 9.47 Å². The second-order valence-electron chi connectivity index (χ2n) is 7.70. The van der Waals surface area contributed by atoms with Crippen LogP contribution in [0.15, 0.2) is 30.3 Å². The van der Waals surface area contributed by atoms with E-state index in [9.17, 15) is 0 Å². The van der Waals surface area contributed by atoms with E-state index in [4.69, 9.17) is 19.6 Å². The first kappa shape index (κ1) is 20.6. The van der Waals surface area contributed by atoms with Crippen molar-refractivity contribution in [2.24, 2.45) is 0 Å². The van der Waals surface area contributed by atoms with Gasteiger partial charge in [0.2, 0.25) is 0 Å². The minimum Gasteiger partial charge on any atom is -0.497 e. The van der Waals surface area contributed by atoms with E-state index < -0.39 is 0 Å². The smallest absolute Gasteiger partial charge is 0.158 e. The van der Waals surface area contributed by atoms with E-state index in [0.717, 1.165) is 80.1 Å². The Hall–Kier alpha value is -2.64. The van der Waals surface area contributed by atoms with Gasteiger partial charge in [-0.2, -0.15) is 9.61 Å². The second kappa shape index (κ2) is 9.02. The molecule has 160 valence electrons. The average Bonchev–Trinajstić information content (AvgIpc) is 3.19. The first-order valence-corrected chi connectivity index (χ1v) is 10.7. The van der Waals surface area contributed by atoms with Gasteiger partial charge in [-0.25, -0.2) is 4.98 Å². The van der Waals surface area contributed by atoms with Gasteiger partial charge in [-0.3, -0.25) is 4.90 Å². The van der Waals surface area contributed by atoms with Crippen LogP contribution in [0.5, 0.6) is 5.75 Å². The number of fused-ring (bicyclic) bond motifs is 1. The Morgan fingerprint density at radius 1 is 1.03 bits per heavy atom. The van der Waals surface area contributed by atoms with E-state index >= 15 is 0 Å². The van der Waals surface area contributed by atoms with Gasteiger partial charge in [0.25, 0.3) is 0 Å². The van der Waals surface area contributed by atoms with Crippen molar-refractivity contribution in [2.75, 3.05) is 57.9 Å². The van der Waals surface area contributed by atoms with Crippen LogP contribution in [0.2, 0.25) is 0 Å². The Balaban J connectivity index is 1.61. The Bertz CT molecular complexity index is 991. The summed E-state index contributed by atoms with van der Waals surface area (Å²) in [5.41, 5.74) is 5.11. The molecule has 30 heavy (non-hydrogen) atoms. The number of aryl methyl sites for hydroxylation is 1. The molecule has 1 aliphatic rings. The molecule has 1 fully saturated rings. The van der Waals surface area contributed by atoms with E-state index in [1.807, 2.05) is 35.7 Å². The summed E-state index contributed by atoms with van der Waals surface area (Å²) in [7, 11) is 1.68. The van der Waals surface area contributed by atoms with Crippen LogP contribution in [0, 0.1) is 13.8 Å². The lowest BCUT2D eigenvalue weighted by molar-refractivity contribution is 0.111. The summed E-state index contributed by atoms with van der Waals surface area (Å²) in [4.78, 5) is 9.71. The van der Waals surface area contributed by atoms with Crippen LogP contribution in [-0.4, -0.2) is 72.5 Å². The molecule has 1 aromatic carbocycles. The van der Waals surface area contributed by atoms with Crippen LogP contribution in [0.3, 0.4) is 0 Å². The summed E-state index contributed by atoms with van der Waals surface area (Å²) < 4.78 is 12.8. The Kier molecular flexibility index (Phi) is 6.20. The molecule has 0 unspecified atom stereocenters. The minimum absolute atomic E-state index is 0.781. The van der Waals surface area contributed by atoms with Crippen LogP contribution >= 0.6 is 0 Å². The van der Waals surface area contributed by atoms with Gasteiger partial charge < -0.3 is 14.4 Å². The molecule has 0 saturated carbocycles. The third-order valence-corrected chi connectivity index (χ3v) is 5.87. The van der Waals surface area contributed by atoms with Crippen molar-refractivity contribution in [1.82, 2.24) is 19.5 Å². The fourth-order valence-corrected chi connectivity index (χ4v) is 3.98. The molecule has 7 nitrogen and oxygen atoms in total. The SMILES string of the molecule is CCOCCN1CCN(c2c(C)c(C)nc3cc(-c4ccc(OC)cc4)nn23)CC1. The van der Waals surface area contributed by atoms with Crippen molar-refractivity contribution in [2.45, 2.75) is 20.8 Å². The molecule has 2 aromatic heterocycles. The highest BCUT2D eigenvalue weighted by molar-refractivity contribution is 5.67. The maximum atomic E-state index is 5.51. The number of hydrogen-bond donors (Lipinski definition) is 0. The molecule has 3 aromatic rings. The molecule has 0 spiro atoms. The number of methoxy groups -OCH3 is 1. The van der Waals surface area contributed by atoms with Crippen molar-refractivity contribution in [3.8, 4) is 17.0 Å². The molecule has 0 atom stereocenters. The predicted molar refractivity (Wildman–Crippen MR) is 120 cm³/mol. The van der Waals surface area contributed by atoms with Gasteiger partial charge in [0.15, 0.2) is 5.65 Å². The van der Waals surface area contributed by atoms with Crippen LogP contribution in [0.4, 0.5) is 5.82 Å². The number of hydrogen-bond acceptors (Lipinski definition) is 6. The lowest BCUT2D eigenvalue weighted by Gasteiger charge is -2.36. The number of anilines is 1. The molecular weight excluding hydrogens is 378 g/mol. The van der Waals surface area contributed by atoms with E-state index in [1.165, 1.54) is 5.56 Å². The van der Waals surface area contributed by atoms with Crippen LogP contribution < -0.4 is 9.64 Å². The van der Waals surface area contributed by atoms with Crippen molar-refractivity contribution in [3.05, 3.63) is 41.6 Å². The number of rotatable bonds is 7. The van der Waals surface area contributed by atoms with Gasteiger partial charge in [-0.1, -0.05) is 0 Å². The lowest BCUT2D eigenvalue weighted by atomic mass is 10.1. The summed E-state index contributed by atoms with van der Waals surface area (Å²) in [6.07, 6.45) is 0. The molecule has 1 aliphatic heterocycles. The lowest BCUT2D eigenvalue weighted by Crippen LogP contribution is -2.48. The summed E-state index contributed by atoms with van der Waals surface area (Å²) in [6, 6.07) is 10.1. The largest absolute Gasteiger partial charge is 0.497 e. The molecule has 0 radical (unpaired) electrons. The van der Waals surface area contributed by atoms with Gasteiger partial charge in [-0.15, -0.1) is 0 Å². The maximum absolute atomic E-state index is 5.51. The first-order valence-electron chi connectivity index (χ1n) is 10.7. The molecule has 7 heteroatoms. The summed E-state index contributed by atoms with van der Waals surface area (Å²) >= 11 is 0. The second-order valence-corrected chi connectivity index (χ2v) is 7.70. The van der Waals surface area contributed by atoms with Crippen LogP contribution in [0.1, 0.15) is 18.2 Å². The molecule has 4 rings (SSSR count). The minimum atomic E-state index is 0.781. The Morgan fingerprint density at radius 3 is 2.43 bits per heavy atom. The van der Waals surface area contributed by atoms with Crippen LogP contribution in [0.25, 0.3) is 16.9 Å². The summed E-state index contributed by atoms with van der Waals surface area (Å²) in [5.74, 6) is 2.00. The molecule has 0 amide bonds. The number of piperazine rings is 1. The molecule has 3 heterocycles. The Labute approximate surface area is 178 Å². The highest BCUT2D eigenvalue weighted by Crippen LogP contribution is 2.28. The van der Waals surface area contributed by atoms with Gasteiger partial charge in [-0.05, 0) is 45.0 Å². The zero-order chi connectivity index (χ0) is 21.1. The zero-order valence-corrected chi connectivity index (χ0v) is 18.4. The van der Waals surface area contributed by atoms with Crippen molar-refractivity contribution >= 4 is 11.5 Å². The molecule has 1 saturated heterocycles. The van der Waals surface area contributed by atoms with Gasteiger partial charge in [0, 0.05) is 62.2 Å². The molecule has 0 N–H and O–H groups in total. The van der Waals surface area contributed by atoms with Crippen molar-refractivity contribution in [1.29, 1.82) is 0 Å². The highest BCUT2D eigenvalue weighted by Gasteiger charge is 2.23. The highest BCUT2D eigenvalue weighted by atomic mass is 16.5. The summed E-state index contributed by atoms with van der Waals surface area (Å²) in [6.45, 7) is 12.9. The van der Waals surface area contributed by atoms with Crippen molar-refractivity contribution in [3.63, 3.8) is 0 Å². The maximum Gasteiger partial charge on any atom is 0.158 e. The first-order chi connectivity index (χ1) is 14.6. The number of ether oxygens (including phenoxy) is 2. The fourth-order valence-electron chi connectivity index (χ4n) is 3.98. The average molecular weight is 410 g/mol. The Morgan fingerprint density at radius 2 is 1.77 bits per heavy atom. The van der Waals surface area contributed by atoms with Gasteiger partial charge >= 0.3 is 0 Å². The van der Waals surface area contributed by atoms with Crippen LogP contribution in [-0.2, 0) is 4.74 Å². The normalized spacial score (nSPS) is 15.1.